The van der Waals surface area contributed by atoms with Crippen molar-refractivity contribution < 1.29 is 14.4 Å². The van der Waals surface area contributed by atoms with Crippen LogP contribution in [0.5, 0.6) is 0 Å². The number of hydrogen-bond donors (Lipinski definition) is 3. The molecule has 4 N–H and O–H groups in total. The number of nitrogens with zero attached hydrogens (tertiary/aromatic N) is 1. The predicted octanol–water partition coefficient (Wildman–Crippen LogP) is -0.524. The first-order valence-electron chi connectivity index (χ1n) is 7.26. The number of carbonyl (C=O) groups excluding carboxylic acids is 3. The van der Waals surface area contributed by atoms with Crippen LogP contribution in [0.4, 0.5) is 5.82 Å². The number of aromatic nitrogens is 1. The first-order chi connectivity index (χ1) is 11.5. The zero-order chi connectivity index (χ0) is 17.0. The summed E-state index contributed by atoms with van der Waals surface area (Å²) < 4.78 is 1.20. The van der Waals surface area contributed by atoms with Crippen molar-refractivity contribution in [1.29, 1.82) is 0 Å². The summed E-state index contributed by atoms with van der Waals surface area (Å²) in [6, 6.07) is 6.32. The molecule has 0 atom stereocenters. The lowest BCUT2D eigenvalue weighted by Crippen LogP contribution is -2.33. The Kier molecular flexibility index (Phi) is 2.83. The van der Waals surface area contributed by atoms with Gasteiger partial charge in [-0.05, 0) is 17.2 Å². The summed E-state index contributed by atoms with van der Waals surface area (Å²) in [5.41, 5.74) is 7.56. The molecule has 120 valence electrons. The molecule has 0 radical (unpaired) electrons. The van der Waals surface area contributed by atoms with Crippen molar-refractivity contribution in [3.05, 3.63) is 56.9 Å². The van der Waals surface area contributed by atoms with Crippen LogP contribution in [0.15, 0.2) is 29.1 Å². The van der Waals surface area contributed by atoms with Gasteiger partial charge in [-0.15, -0.1) is 0 Å². The molecule has 0 unspecified atom stereocenters. The minimum absolute atomic E-state index is 0.00273. The lowest BCUT2D eigenvalue weighted by atomic mass is 9.98. The molecule has 2 aliphatic heterocycles. The quantitative estimate of drug-likeness (QED) is 0.609. The van der Waals surface area contributed by atoms with E-state index in [2.05, 4.69) is 10.6 Å². The number of carbonyl (C=O) groups is 3. The number of fused-ring (bicyclic) bond motifs is 2. The van der Waals surface area contributed by atoms with Gasteiger partial charge in [0.25, 0.3) is 17.4 Å². The molecule has 0 bridgehead atoms. The van der Waals surface area contributed by atoms with Gasteiger partial charge in [0.2, 0.25) is 5.91 Å². The van der Waals surface area contributed by atoms with Crippen molar-refractivity contribution in [2.75, 3.05) is 5.73 Å². The van der Waals surface area contributed by atoms with Crippen molar-refractivity contribution in [3.63, 3.8) is 0 Å². The smallest absolute Gasteiger partial charge is 0.262 e. The van der Waals surface area contributed by atoms with E-state index in [0.29, 0.717) is 5.69 Å². The van der Waals surface area contributed by atoms with Gasteiger partial charge in [0.05, 0.1) is 23.2 Å². The predicted molar refractivity (Wildman–Crippen MR) is 83.8 cm³/mol. The average Bonchev–Trinajstić information content (AvgIpc) is 2.81. The van der Waals surface area contributed by atoms with Crippen LogP contribution in [0.25, 0.3) is 5.69 Å². The van der Waals surface area contributed by atoms with Crippen LogP contribution in [0.2, 0.25) is 0 Å². The first kappa shape index (κ1) is 14.2. The number of benzene rings is 1. The maximum Gasteiger partial charge on any atom is 0.262 e. The molecule has 0 saturated carbocycles. The summed E-state index contributed by atoms with van der Waals surface area (Å²) in [5, 5.41) is 4.86. The number of amides is 3. The van der Waals surface area contributed by atoms with Gasteiger partial charge in [-0.3, -0.25) is 29.1 Å². The second kappa shape index (κ2) is 4.79. The van der Waals surface area contributed by atoms with Gasteiger partial charge in [0.1, 0.15) is 5.82 Å². The van der Waals surface area contributed by atoms with Gasteiger partial charge in [-0.25, -0.2) is 0 Å². The number of nitrogens with two attached hydrogens (primary N) is 1. The van der Waals surface area contributed by atoms with Crippen LogP contribution >= 0.6 is 0 Å². The molecule has 3 amide bonds. The molecule has 1 aromatic carbocycles. The van der Waals surface area contributed by atoms with Crippen LogP contribution in [0.1, 0.15) is 31.8 Å². The van der Waals surface area contributed by atoms with E-state index in [1.807, 2.05) is 6.07 Å². The molecule has 0 saturated heterocycles. The Morgan fingerprint density at radius 1 is 1.08 bits per heavy atom. The number of hydrogen-bond acceptors (Lipinski definition) is 5. The first-order valence-corrected chi connectivity index (χ1v) is 7.26. The molecule has 0 fully saturated rings. The number of imide groups is 1. The molecule has 2 aromatic rings. The van der Waals surface area contributed by atoms with E-state index >= 15 is 0 Å². The van der Waals surface area contributed by atoms with Crippen molar-refractivity contribution in [2.45, 2.75) is 13.0 Å². The van der Waals surface area contributed by atoms with Crippen molar-refractivity contribution >= 4 is 23.5 Å². The van der Waals surface area contributed by atoms with E-state index < -0.39 is 17.4 Å². The van der Waals surface area contributed by atoms with Gasteiger partial charge < -0.3 is 11.1 Å². The molecule has 0 spiro atoms. The summed E-state index contributed by atoms with van der Waals surface area (Å²) in [7, 11) is 0. The molecule has 0 aliphatic carbocycles. The van der Waals surface area contributed by atoms with Crippen LogP contribution in [0.3, 0.4) is 0 Å². The molecule has 3 heterocycles. The maximum absolute atomic E-state index is 12.5. The summed E-state index contributed by atoms with van der Waals surface area (Å²) in [5.74, 6) is -1.45. The highest BCUT2D eigenvalue weighted by atomic mass is 16.2. The van der Waals surface area contributed by atoms with E-state index in [1.54, 1.807) is 12.1 Å². The second-order valence-electron chi connectivity index (χ2n) is 5.64. The zero-order valence-corrected chi connectivity index (χ0v) is 12.4. The third-order valence-electron chi connectivity index (χ3n) is 4.26. The third-order valence-corrected chi connectivity index (χ3v) is 4.26. The molecular formula is C16H12N4O4. The van der Waals surface area contributed by atoms with E-state index in [-0.39, 0.29) is 35.8 Å². The fourth-order valence-electron chi connectivity index (χ4n) is 3.15. The molecule has 8 heteroatoms. The fourth-order valence-corrected chi connectivity index (χ4v) is 3.15. The van der Waals surface area contributed by atoms with Gasteiger partial charge in [-0.1, -0.05) is 12.1 Å². The highest BCUT2D eigenvalue weighted by Gasteiger charge is 2.32. The Hall–Kier alpha value is -3.42. The van der Waals surface area contributed by atoms with Crippen LogP contribution in [0, 0.1) is 0 Å². The summed E-state index contributed by atoms with van der Waals surface area (Å²) >= 11 is 0. The van der Waals surface area contributed by atoms with Gasteiger partial charge >= 0.3 is 0 Å². The highest BCUT2D eigenvalue weighted by Crippen LogP contribution is 2.27. The topological polar surface area (TPSA) is 123 Å². The standard InChI is InChI=1S/C16H12N4O4/c17-14-13-8(15(23)19-16(13)24)5-12(22)20(14)10-3-1-2-7-4-11(21)18-6-9(7)10/h1-3,5H,4,6,17H2,(H,18,21)(H,19,23,24). The van der Waals surface area contributed by atoms with Gasteiger partial charge in [-0.2, -0.15) is 0 Å². The molecule has 8 nitrogen and oxygen atoms in total. The number of rotatable bonds is 1. The van der Waals surface area contributed by atoms with E-state index in [1.165, 1.54) is 4.57 Å². The zero-order valence-electron chi connectivity index (χ0n) is 12.4. The lowest BCUT2D eigenvalue weighted by molar-refractivity contribution is -0.121. The van der Waals surface area contributed by atoms with Crippen molar-refractivity contribution in [3.8, 4) is 5.69 Å². The lowest BCUT2D eigenvalue weighted by Gasteiger charge is -2.22. The highest BCUT2D eigenvalue weighted by molar-refractivity contribution is 6.23. The Morgan fingerprint density at radius 2 is 1.88 bits per heavy atom. The number of nitrogens with one attached hydrogen (secondary N) is 2. The fraction of sp³-hybridized carbons (Fsp3) is 0.125. The number of anilines is 1. The second-order valence-corrected chi connectivity index (χ2v) is 5.64. The summed E-state index contributed by atoms with van der Waals surface area (Å²) in [6.45, 7) is 0.262. The van der Waals surface area contributed by atoms with Gasteiger partial charge in [0.15, 0.2) is 0 Å². The molecule has 1 aromatic heterocycles. The van der Waals surface area contributed by atoms with Gasteiger partial charge in [0, 0.05) is 12.6 Å². The summed E-state index contributed by atoms with van der Waals surface area (Å²) in [4.78, 5) is 47.7. The maximum atomic E-state index is 12.5. The Bertz CT molecular complexity index is 1010. The van der Waals surface area contributed by atoms with E-state index in [9.17, 15) is 19.2 Å². The van der Waals surface area contributed by atoms with Crippen molar-refractivity contribution in [1.82, 2.24) is 15.2 Å². The molecule has 24 heavy (non-hydrogen) atoms. The normalized spacial score (nSPS) is 15.6. The Balaban J connectivity index is 2.00. The van der Waals surface area contributed by atoms with Crippen LogP contribution in [-0.4, -0.2) is 22.3 Å². The molecule has 2 aliphatic rings. The summed E-state index contributed by atoms with van der Waals surface area (Å²) in [6.07, 6.45) is 0.210. The number of pyridine rings is 1. The number of nitrogen functional groups attached to an aromatic ring is 1. The Labute approximate surface area is 135 Å². The molecule has 4 rings (SSSR count). The Morgan fingerprint density at radius 3 is 2.67 bits per heavy atom. The minimum Gasteiger partial charge on any atom is -0.384 e. The monoisotopic (exact) mass is 324 g/mol. The third kappa shape index (κ3) is 1.86. The van der Waals surface area contributed by atoms with E-state index in [0.717, 1.165) is 17.2 Å². The SMILES string of the molecule is Nc1c2c(cc(=O)n1-c1cccc3c1CNC(=O)C3)C(=O)NC2=O. The minimum atomic E-state index is -0.631. The van der Waals surface area contributed by atoms with Crippen LogP contribution < -0.4 is 21.9 Å². The van der Waals surface area contributed by atoms with E-state index in [4.69, 9.17) is 5.73 Å². The van der Waals surface area contributed by atoms with Crippen LogP contribution in [-0.2, 0) is 17.8 Å². The molecular weight excluding hydrogens is 312 g/mol. The van der Waals surface area contributed by atoms with Crippen molar-refractivity contribution in [2.24, 2.45) is 0 Å². The average molecular weight is 324 g/mol. The largest absolute Gasteiger partial charge is 0.384 e.